The third-order valence-electron chi connectivity index (χ3n) is 7.75. The van der Waals surface area contributed by atoms with E-state index in [2.05, 4.69) is 20.4 Å². The minimum atomic E-state index is -1.22. The molecule has 0 bridgehead atoms. The van der Waals surface area contributed by atoms with E-state index in [4.69, 9.17) is 0 Å². The van der Waals surface area contributed by atoms with Crippen molar-refractivity contribution in [3.63, 3.8) is 0 Å². The highest BCUT2D eigenvalue weighted by Gasteiger charge is 2.25. The molecule has 7 rings (SSSR count). The summed E-state index contributed by atoms with van der Waals surface area (Å²) in [5.74, 6) is -2.93. The molecule has 1 amide bonds. The molecule has 45 heavy (non-hydrogen) atoms. The molecule has 224 valence electrons. The van der Waals surface area contributed by atoms with Gasteiger partial charge in [0.2, 0.25) is 0 Å². The maximum Gasteiger partial charge on any atom is 0.355 e. The molecule has 6 aromatic rings. The van der Waals surface area contributed by atoms with E-state index in [-0.39, 0.29) is 23.7 Å². The summed E-state index contributed by atoms with van der Waals surface area (Å²) >= 11 is 1.40. The lowest BCUT2D eigenvalue weighted by molar-refractivity contribution is 0.0691. The number of halogens is 2. The summed E-state index contributed by atoms with van der Waals surface area (Å²) < 4.78 is 30.2. The predicted molar refractivity (Wildman–Crippen MR) is 167 cm³/mol. The Morgan fingerprint density at radius 1 is 0.978 bits per heavy atom. The maximum absolute atomic E-state index is 14.2. The van der Waals surface area contributed by atoms with Crippen LogP contribution in [0.5, 0.6) is 0 Å². The second kappa shape index (κ2) is 11.5. The summed E-state index contributed by atoms with van der Waals surface area (Å²) in [5.41, 5.74) is 3.99. The van der Waals surface area contributed by atoms with Crippen molar-refractivity contribution in [1.29, 1.82) is 0 Å². The Morgan fingerprint density at radius 3 is 2.67 bits per heavy atom. The Labute approximate surface area is 259 Å². The van der Waals surface area contributed by atoms with Gasteiger partial charge in [0, 0.05) is 41.5 Å². The number of anilines is 2. The molecule has 0 atom stereocenters. The van der Waals surface area contributed by atoms with Gasteiger partial charge in [0.1, 0.15) is 5.82 Å². The summed E-state index contributed by atoms with van der Waals surface area (Å²) in [6.45, 7) is 0.916. The predicted octanol–water partition coefficient (Wildman–Crippen LogP) is 6.39. The summed E-state index contributed by atoms with van der Waals surface area (Å²) in [7, 11) is 0. The molecule has 0 aliphatic carbocycles. The molecule has 1 aliphatic heterocycles. The fourth-order valence-electron chi connectivity index (χ4n) is 5.53. The molecule has 0 fully saturated rings. The van der Waals surface area contributed by atoms with Crippen LogP contribution in [0.4, 0.5) is 19.7 Å². The summed E-state index contributed by atoms with van der Waals surface area (Å²) in [5, 5.41) is 17.7. The highest BCUT2D eigenvalue weighted by Crippen LogP contribution is 2.31. The van der Waals surface area contributed by atoms with E-state index < -0.39 is 17.6 Å². The molecule has 9 nitrogen and oxygen atoms in total. The Morgan fingerprint density at radius 2 is 1.82 bits per heavy atom. The van der Waals surface area contributed by atoms with Crippen molar-refractivity contribution < 1.29 is 23.5 Å². The van der Waals surface area contributed by atoms with Gasteiger partial charge in [0.25, 0.3) is 5.91 Å². The molecule has 0 unspecified atom stereocenters. The minimum Gasteiger partial charge on any atom is -0.476 e. The summed E-state index contributed by atoms with van der Waals surface area (Å²) in [6, 6.07) is 20.6. The van der Waals surface area contributed by atoms with Crippen LogP contribution in [-0.2, 0) is 19.5 Å². The number of hydrogen-bond acceptors (Lipinski definition) is 7. The van der Waals surface area contributed by atoms with E-state index in [1.807, 2.05) is 41.3 Å². The number of para-hydroxylation sites is 1. The number of rotatable bonds is 7. The number of hydrogen-bond donors (Lipinski definition) is 2. The van der Waals surface area contributed by atoms with Crippen molar-refractivity contribution in [3.05, 3.63) is 125 Å². The zero-order valence-corrected chi connectivity index (χ0v) is 24.4. The first-order chi connectivity index (χ1) is 21.8. The van der Waals surface area contributed by atoms with E-state index in [9.17, 15) is 23.5 Å². The molecule has 0 spiro atoms. The fraction of sp³-hybridized carbons (Fsp3) is 0.121. The van der Waals surface area contributed by atoms with Crippen molar-refractivity contribution in [2.75, 3.05) is 16.8 Å². The molecule has 1 aliphatic rings. The third-order valence-corrected chi connectivity index (χ3v) is 8.70. The first-order valence-corrected chi connectivity index (χ1v) is 14.9. The van der Waals surface area contributed by atoms with Crippen molar-refractivity contribution in [2.24, 2.45) is 0 Å². The van der Waals surface area contributed by atoms with Crippen LogP contribution in [0.15, 0.2) is 85.2 Å². The van der Waals surface area contributed by atoms with Gasteiger partial charge < -0.3 is 10.0 Å². The molecule has 0 saturated carbocycles. The van der Waals surface area contributed by atoms with Crippen LogP contribution < -0.4 is 10.2 Å². The van der Waals surface area contributed by atoms with Crippen LogP contribution in [0.25, 0.3) is 21.3 Å². The first-order valence-electron chi connectivity index (χ1n) is 14.1. The van der Waals surface area contributed by atoms with Crippen molar-refractivity contribution in [3.8, 4) is 11.1 Å². The summed E-state index contributed by atoms with van der Waals surface area (Å²) in [4.78, 5) is 36.7. The number of carbonyl (C=O) groups excluding carboxylic acids is 1. The van der Waals surface area contributed by atoms with Crippen LogP contribution in [0.3, 0.4) is 0 Å². The van der Waals surface area contributed by atoms with Crippen LogP contribution in [0.2, 0.25) is 0 Å². The van der Waals surface area contributed by atoms with Crippen LogP contribution in [0, 0.1) is 11.6 Å². The minimum absolute atomic E-state index is 0.0282. The molecule has 3 aromatic carbocycles. The van der Waals surface area contributed by atoms with Gasteiger partial charge in [0.15, 0.2) is 22.5 Å². The topological polar surface area (TPSA) is 113 Å². The lowest BCUT2D eigenvalue weighted by Crippen LogP contribution is -2.33. The van der Waals surface area contributed by atoms with Crippen molar-refractivity contribution in [1.82, 2.24) is 19.7 Å². The van der Waals surface area contributed by atoms with Crippen LogP contribution >= 0.6 is 11.3 Å². The molecule has 12 heteroatoms. The Kier molecular flexibility index (Phi) is 7.26. The lowest BCUT2D eigenvalue weighted by Gasteiger charge is -2.31. The van der Waals surface area contributed by atoms with Gasteiger partial charge in [-0.2, -0.15) is 5.10 Å². The van der Waals surface area contributed by atoms with E-state index >= 15 is 0 Å². The quantitative estimate of drug-likeness (QED) is 0.212. The van der Waals surface area contributed by atoms with Gasteiger partial charge >= 0.3 is 5.97 Å². The fourth-order valence-corrected chi connectivity index (χ4v) is 6.40. The Hall–Kier alpha value is -5.49. The molecule has 0 radical (unpaired) electrons. The summed E-state index contributed by atoms with van der Waals surface area (Å²) in [6.07, 6.45) is 3.68. The SMILES string of the molecule is O=C(Nc1nc2ccccc2s1)c1cccc2c1CN(c1ccc(-c3cnn(Cc4cccc(F)c4F)c3)c(C(=O)O)n1)CC2. The van der Waals surface area contributed by atoms with E-state index in [0.717, 1.165) is 27.4 Å². The molecule has 3 aromatic heterocycles. The molecule has 4 heterocycles. The third kappa shape index (κ3) is 5.51. The van der Waals surface area contributed by atoms with E-state index in [1.54, 1.807) is 24.4 Å². The number of benzene rings is 3. The number of nitrogens with zero attached hydrogens (tertiary/aromatic N) is 5. The van der Waals surface area contributed by atoms with Gasteiger partial charge in [0.05, 0.1) is 23.0 Å². The zero-order valence-electron chi connectivity index (χ0n) is 23.6. The molecule has 0 saturated heterocycles. The van der Waals surface area contributed by atoms with Gasteiger partial charge in [-0.05, 0) is 53.9 Å². The number of fused-ring (bicyclic) bond motifs is 2. The lowest BCUT2D eigenvalue weighted by atomic mass is 9.94. The smallest absolute Gasteiger partial charge is 0.355 e. The number of carbonyl (C=O) groups is 2. The van der Waals surface area contributed by atoms with E-state index in [0.29, 0.717) is 47.2 Å². The monoisotopic (exact) mass is 622 g/mol. The number of aromatic nitrogens is 4. The highest BCUT2D eigenvalue weighted by atomic mass is 32.1. The first kappa shape index (κ1) is 28.3. The second-order valence-electron chi connectivity index (χ2n) is 10.6. The Balaban J connectivity index is 1.13. The van der Waals surface area contributed by atoms with Gasteiger partial charge in [-0.3, -0.25) is 14.8 Å². The van der Waals surface area contributed by atoms with Crippen LogP contribution in [0.1, 0.15) is 37.5 Å². The number of nitrogens with one attached hydrogen (secondary N) is 1. The second-order valence-corrected chi connectivity index (χ2v) is 11.6. The zero-order chi connectivity index (χ0) is 31.1. The number of aromatic carboxylic acids is 1. The number of carboxylic acid groups (broad SMARTS) is 1. The van der Waals surface area contributed by atoms with Gasteiger partial charge in [-0.15, -0.1) is 0 Å². The number of amides is 1. The van der Waals surface area contributed by atoms with Crippen LogP contribution in [-0.4, -0.2) is 43.3 Å². The Bertz CT molecular complexity index is 2080. The standard InChI is InChI=1S/C33H24F2N6O3S/c34-25-8-4-6-20(29(25)35)16-41-17-21(15-36-41)22-11-12-28(38-30(22)32(43)44)40-14-13-19-5-3-7-23(24(19)18-40)31(42)39-33-37-26-9-1-2-10-27(26)45-33/h1-12,15,17H,13-14,16,18H2,(H,43,44)(H,37,39,42). The van der Waals surface area contributed by atoms with Crippen molar-refractivity contribution >= 4 is 44.4 Å². The maximum atomic E-state index is 14.2. The number of carboxylic acids is 1. The largest absolute Gasteiger partial charge is 0.476 e. The molecular weight excluding hydrogens is 598 g/mol. The molecule has 2 N–H and O–H groups in total. The number of thiazole rings is 1. The molecular formula is C33H24F2N6O3S. The van der Waals surface area contributed by atoms with Crippen molar-refractivity contribution in [2.45, 2.75) is 19.5 Å². The van der Waals surface area contributed by atoms with Gasteiger partial charge in [-0.1, -0.05) is 47.7 Å². The highest BCUT2D eigenvalue weighted by molar-refractivity contribution is 7.22. The van der Waals surface area contributed by atoms with Gasteiger partial charge in [-0.25, -0.2) is 23.5 Å². The number of pyridine rings is 1. The average Bonchev–Trinajstić information content (AvgIpc) is 3.69. The normalized spacial score (nSPS) is 12.7. The average molecular weight is 623 g/mol. The van der Waals surface area contributed by atoms with E-state index in [1.165, 1.54) is 34.3 Å².